The van der Waals surface area contributed by atoms with E-state index >= 15 is 0 Å². The molecule has 0 aromatic heterocycles. The third kappa shape index (κ3) is 6.57. The van der Waals surface area contributed by atoms with Crippen molar-refractivity contribution in [3.05, 3.63) is 0 Å². The lowest BCUT2D eigenvalue weighted by Gasteiger charge is -2.39. The van der Waals surface area contributed by atoms with Crippen LogP contribution in [0.5, 0.6) is 0 Å². The van der Waals surface area contributed by atoms with Gasteiger partial charge in [0.15, 0.2) is 0 Å². The van der Waals surface area contributed by atoms with Gasteiger partial charge in [-0.3, -0.25) is 0 Å². The molecule has 118 valence electrons. The molecule has 1 saturated carbocycles. The molecule has 0 saturated heterocycles. The van der Waals surface area contributed by atoms with E-state index in [9.17, 15) is 4.79 Å². The van der Waals surface area contributed by atoms with Gasteiger partial charge in [-0.2, -0.15) is 0 Å². The summed E-state index contributed by atoms with van der Waals surface area (Å²) in [4.78, 5) is 11.8. The normalized spacial score (nSPS) is 25.2. The van der Waals surface area contributed by atoms with Gasteiger partial charge < -0.3 is 20.5 Å². The van der Waals surface area contributed by atoms with Crippen LogP contribution in [0.15, 0.2) is 0 Å². The first-order valence-electron chi connectivity index (χ1n) is 7.67. The molecule has 3 N–H and O–H groups in total. The van der Waals surface area contributed by atoms with Crippen LogP contribution in [0.1, 0.15) is 46.5 Å². The smallest absolute Gasteiger partial charge is 0.315 e. The molecule has 0 heterocycles. The molecule has 20 heavy (non-hydrogen) atoms. The SMILES string of the molecule is CC1CC(C)(C)CCC1NC(=O)NCCCOCCO. The molecule has 0 aromatic rings. The van der Waals surface area contributed by atoms with Gasteiger partial charge in [-0.1, -0.05) is 20.8 Å². The van der Waals surface area contributed by atoms with E-state index in [-0.39, 0.29) is 18.7 Å². The average Bonchev–Trinajstić information content (AvgIpc) is 2.36. The predicted molar refractivity (Wildman–Crippen MR) is 79.6 cm³/mol. The van der Waals surface area contributed by atoms with Crippen LogP contribution in [0.25, 0.3) is 0 Å². The second-order valence-corrected chi connectivity index (χ2v) is 6.58. The minimum Gasteiger partial charge on any atom is -0.394 e. The number of rotatable bonds is 7. The number of amides is 2. The summed E-state index contributed by atoms with van der Waals surface area (Å²) in [6.07, 6.45) is 4.14. The molecule has 2 unspecified atom stereocenters. The van der Waals surface area contributed by atoms with E-state index in [2.05, 4.69) is 31.4 Å². The Morgan fingerprint density at radius 2 is 2.15 bits per heavy atom. The lowest BCUT2D eigenvalue weighted by molar-refractivity contribution is 0.0908. The summed E-state index contributed by atoms with van der Waals surface area (Å²) in [5, 5.41) is 14.5. The van der Waals surface area contributed by atoms with Gasteiger partial charge in [0.2, 0.25) is 0 Å². The van der Waals surface area contributed by atoms with Crippen molar-refractivity contribution in [3.8, 4) is 0 Å². The summed E-state index contributed by atoms with van der Waals surface area (Å²) in [7, 11) is 0. The third-order valence-electron chi connectivity index (χ3n) is 4.00. The number of ether oxygens (including phenoxy) is 1. The van der Waals surface area contributed by atoms with Crippen LogP contribution in [-0.4, -0.2) is 43.5 Å². The number of carbonyl (C=O) groups is 1. The molecule has 0 aromatic carbocycles. The third-order valence-corrected chi connectivity index (χ3v) is 4.00. The molecule has 5 nitrogen and oxygen atoms in total. The summed E-state index contributed by atoms with van der Waals surface area (Å²) in [5.74, 6) is 0.525. The Bertz CT molecular complexity index is 295. The highest BCUT2D eigenvalue weighted by Crippen LogP contribution is 2.38. The molecular weight excluding hydrogens is 256 g/mol. The molecule has 1 aliphatic carbocycles. The quantitative estimate of drug-likeness (QED) is 0.626. The largest absolute Gasteiger partial charge is 0.394 e. The number of hydrogen-bond acceptors (Lipinski definition) is 3. The van der Waals surface area contributed by atoms with E-state index in [1.807, 2.05) is 0 Å². The van der Waals surface area contributed by atoms with Crippen LogP contribution < -0.4 is 10.6 Å². The monoisotopic (exact) mass is 286 g/mol. The van der Waals surface area contributed by atoms with Crippen molar-refractivity contribution in [2.75, 3.05) is 26.4 Å². The van der Waals surface area contributed by atoms with Crippen LogP contribution in [0.3, 0.4) is 0 Å². The van der Waals surface area contributed by atoms with Crippen molar-refractivity contribution in [2.45, 2.75) is 52.5 Å². The number of aliphatic hydroxyl groups excluding tert-OH is 1. The van der Waals surface area contributed by atoms with Crippen LogP contribution in [0, 0.1) is 11.3 Å². The summed E-state index contributed by atoms with van der Waals surface area (Å²) < 4.78 is 5.13. The van der Waals surface area contributed by atoms with E-state index in [4.69, 9.17) is 9.84 Å². The highest BCUT2D eigenvalue weighted by molar-refractivity contribution is 5.74. The Kier molecular flexibility index (Phi) is 7.30. The van der Waals surface area contributed by atoms with Gasteiger partial charge in [-0.05, 0) is 37.0 Å². The predicted octanol–water partition coefficient (Wildman–Crippen LogP) is 1.90. The van der Waals surface area contributed by atoms with E-state index in [0.29, 0.717) is 31.1 Å². The molecule has 0 bridgehead atoms. The highest BCUT2D eigenvalue weighted by atomic mass is 16.5. The average molecular weight is 286 g/mol. The first-order valence-corrected chi connectivity index (χ1v) is 7.67. The molecule has 0 radical (unpaired) electrons. The molecule has 2 atom stereocenters. The van der Waals surface area contributed by atoms with Crippen molar-refractivity contribution >= 4 is 6.03 Å². The Hall–Kier alpha value is -0.810. The maximum absolute atomic E-state index is 11.8. The van der Waals surface area contributed by atoms with Gasteiger partial charge in [0, 0.05) is 19.2 Å². The minimum absolute atomic E-state index is 0.0455. The number of aliphatic hydroxyl groups is 1. The summed E-state index contributed by atoms with van der Waals surface area (Å²) in [6, 6.07) is 0.206. The molecule has 0 aliphatic heterocycles. The van der Waals surface area contributed by atoms with E-state index in [1.165, 1.54) is 0 Å². The Morgan fingerprint density at radius 1 is 1.40 bits per heavy atom. The zero-order valence-electron chi connectivity index (χ0n) is 13.1. The second-order valence-electron chi connectivity index (χ2n) is 6.58. The highest BCUT2D eigenvalue weighted by Gasteiger charge is 2.32. The fourth-order valence-electron chi connectivity index (χ4n) is 2.92. The lowest BCUT2D eigenvalue weighted by Crippen LogP contribution is -2.48. The fraction of sp³-hybridized carbons (Fsp3) is 0.933. The molecule has 2 amide bonds. The maximum Gasteiger partial charge on any atom is 0.315 e. The molecule has 5 heteroatoms. The minimum atomic E-state index is -0.0799. The number of urea groups is 1. The first-order chi connectivity index (χ1) is 9.44. The van der Waals surface area contributed by atoms with Gasteiger partial charge >= 0.3 is 6.03 Å². The second kappa shape index (κ2) is 8.47. The van der Waals surface area contributed by atoms with Crippen LogP contribution in [0.2, 0.25) is 0 Å². The number of nitrogens with one attached hydrogen (secondary N) is 2. The Morgan fingerprint density at radius 3 is 2.80 bits per heavy atom. The van der Waals surface area contributed by atoms with Gasteiger partial charge in [0.25, 0.3) is 0 Å². The molecular formula is C15H30N2O3. The van der Waals surface area contributed by atoms with E-state index in [0.717, 1.165) is 25.7 Å². The number of hydrogen-bond donors (Lipinski definition) is 3. The fourth-order valence-corrected chi connectivity index (χ4v) is 2.92. The summed E-state index contributed by atoms with van der Waals surface area (Å²) in [6.45, 7) is 8.39. The van der Waals surface area contributed by atoms with E-state index < -0.39 is 0 Å². The van der Waals surface area contributed by atoms with Crippen molar-refractivity contribution in [1.82, 2.24) is 10.6 Å². The molecule has 1 rings (SSSR count). The summed E-state index contributed by atoms with van der Waals surface area (Å²) >= 11 is 0. The zero-order chi connectivity index (χ0) is 15.0. The van der Waals surface area contributed by atoms with Gasteiger partial charge in [0.05, 0.1) is 13.2 Å². The number of carbonyl (C=O) groups excluding carboxylic acids is 1. The Balaban J connectivity index is 2.13. The first kappa shape index (κ1) is 17.2. The van der Waals surface area contributed by atoms with Crippen LogP contribution >= 0.6 is 0 Å². The Labute approximate surface area is 122 Å². The van der Waals surface area contributed by atoms with Gasteiger partial charge in [0.1, 0.15) is 0 Å². The molecule has 1 aliphatic rings. The van der Waals surface area contributed by atoms with Crippen LogP contribution in [0.4, 0.5) is 4.79 Å². The topological polar surface area (TPSA) is 70.6 Å². The van der Waals surface area contributed by atoms with Crippen LogP contribution in [-0.2, 0) is 4.74 Å². The van der Waals surface area contributed by atoms with Crippen molar-refractivity contribution < 1.29 is 14.6 Å². The molecule has 0 spiro atoms. The lowest BCUT2D eigenvalue weighted by atomic mass is 9.70. The van der Waals surface area contributed by atoms with Crippen molar-refractivity contribution in [2.24, 2.45) is 11.3 Å². The standard InChI is InChI=1S/C15H30N2O3/c1-12-11-15(2,3)6-5-13(12)17-14(19)16-7-4-9-20-10-8-18/h12-13,18H,4-11H2,1-3H3,(H2,16,17,19). The van der Waals surface area contributed by atoms with Crippen molar-refractivity contribution in [3.63, 3.8) is 0 Å². The summed E-state index contributed by atoms with van der Waals surface area (Å²) in [5.41, 5.74) is 0.401. The van der Waals surface area contributed by atoms with E-state index in [1.54, 1.807) is 0 Å². The van der Waals surface area contributed by atoms with Crippen molar-refractivity contribution in [1.29, 1.82) is 0 Å². The zero-order valence-corrected chi connectivity index (χ0v) is 13.1. The molecule has 1 fully saturated rings. The van der Waals surface area contributed by atoms with Gasteiger partial charge in [-0.15, -0.1) is 0 Å². The van der Waals surface area contributed by atoms with Gasteiger partial charge in [-0.25, -0.2) is 4.79 Å². The maximum atomic E-state index is 11.8.